The molecule has 1 heterocycles. The molecular weight excluding hydrogens is 404 g/mol. The summed E-state index contributed by atoms with van der Waals surface area (Å²) in [4.78, 5) is 21.8. The highest BCUT2D eigenvalue weighted by Crippen LogP contribution is 2.31. The summed E-state index contributed by atoms with van der Waals surface area (Å²) >= 11 is 1.55. The van der Waals surface area contributed by atoms with Crippen molar-refractivity contribution in [1.29, 1.82) is 5.26 Å². The zero-order valence-corrected chi connectivity index (χ0v) is 18.5. The van der Waals surface area contributed by atoms with Crippen LogP contribution in [0.4, 0.5) is 5.13 Å². The van der Waals surface area contributed by atoms with Crippen molar-refractivity contribution in [3.63, 3.8) is 0 Å². The van der Waals surface area contributed by atoms with Gasteiger partial charge in [-0.3, -0.25) is 9.69 Å². The van der Waals surface area contributed by atoms with Crippen LogP contribution in [0.25, 0.3) is 10.2 Å². The van der Waals surface area contributed by atoms with Crippen molar-refractivity contribution in [2.24, 2.45) is 0 Å². The number of carbonyl (C=O) groups excluding carboxylic acids is 1. The molecule has 29 heavy (non-hydrogen) atoms. The second-order valence-electron chi connectivity index (χ2n) is 6.95. The summed E-state index contributed by atoms with van der Waals surface area (Å²) in [6, 6.07) is 15.1. The number of halogens is 1. The van der Waals surface area contributed by atoms with Gasteiger partial charge in [-0.1, -0.05) is 24.3 Å². The molecule has 0 aliphatic rings. The first-order chi connectivity index (χ1) is 13.5. The van der Waals surface area contributed by atoms with E-state index in [9.17, 15) is 4.79 Å². The first-order valence-electron chi connectivity index (χ1n) is 9.38. The summed E-state index contributed by atoms with van der Waals surface area (Å²) in [7, 11) is 4.05. The lowest BCUT2D eigenvalue weighted by molar-refractivity contribution is 0.0986. The predicted octanol–water partition coefficient (Wildman–Crippen LogP) is 4.75. The van der Waals surface area contributed by atoms with E-state index in [1.807, 2.05) is 20.2 Å². The largest absolute Gasteiger partial charge is 0.309 e. The second-order valence-corrected chi connectivity index (χ2v) is 7.96. The molecule has 0 aliphatic carbocycles. The molecule has 152 valence electrons. The molecule has 0 bridgehead atoms. The van der Waals surface area contributed by atoms with Gasteiger partial charge in [0, 0.05) is 12.1 Å². The van der Waals surface area contributed by atoms with E-state index in [0.29, 0.717) is 17.7 Å². The van der Waals surface area contributed by atoms with Gasteiger partial charge in [0.05, 0.1) is 21.8 Å². The van der Waals surface area contributed by atoms with Crippen LogP contribution in [-0.2, 0) is 6.42 Å². The molecule has 0 saturated carbocycles. The van der Waals surface area contributed by atoms with E-state index in [-0.39, 0.29) is 18.3 Å². The third-order valence-corrected chi connectivity index (χ3v) is 5.62. The Bertz CT molecular complexity index is 1010. The third-order valence-electron chi connectivity index (χ3n) is 4.57. The van der Waals surface area contributed by atoms with Crippen LogP contribution in [0.15, 0.2) is 42.5 Å². The van der Waals surface area contributed by atoms with Crippen molar-refractivity contribution < 1.29 is 4.79 Å². The van der Waals surface area contributed by atoms with Crippen molar-refractivity contribution in [3.8, 4) is 6.07 Å². The average molecular weight is 429 g/mol. The van der Waals surface area contributed by atoms with Gasteiger partial charge in [-0.25, -0.2) is 4.98 Å². The topological polar surface area (TPSA) is 60.2 Å². The fourth-order valence-electron chi connectivity index (χ4n) is 2.96. The number of fused-ring (bicyclic) bond motifs is 1. The molecule has 5 nitrogen and oxygen atoms in total. The standard InChI is InChI=1S/C22H24N4OS.ClH/c1-4-16-8-11-19-20(14-16)28-22(24-19)26(13-5-12-25(2)3)21(27)18-9-6-17(15-23)7-10-18;/h6-11,14H,4-5,12-13H2,1-3H3;1H. The zero-order valence-electron chi connectivity index (χ0n) is 16.9. The number of benzene rings is 2. The van der Waals surface area contributed by atoms with E-state index in [1.165, 1.54) is 5.56 Å². The molecule has 1 amide bonds. The Morgan fingerprint density at radius 2 is 1.86 bits per heavy atom. The van der Waals surface area contributed by atoms with Crippen LogP contribution in [0.2, 0.25) is 0 Å². The monoisotopic (exact) mass is 428 g/mol. The fourth-order valence-corrected chi connectivity index (χ4v) is 4.02. The lowest BCUT2D eigenvalue weighted by atomic mass is 10.1. The van der Waals surface area contributed by atoms with Gasteiger partial charge in [-0.2, -0.15) is 5.26 Å². The highest BCUT2D eigenvalue weighted by atomic mass is 35.5. The van der Waals surface area contributed by atoms with Crippen molar-refractivity contribution >= 4 is 45.0 Å². The van der Waals surface area contributed by atoms with Crippen molar-refractivity contribution in [2.45, 2.75) is 19.8 Å². The number of aromatic nitrogens is 1. The summed E-state index contributed by atoms with van der Waals surface area (Å²) < 4.78 is 1.10. The van der Waals surface area contributed by atoms with Crippen molar-refractivity contribution in [3.05, 3.63) is 59.2 Å². The number of nitrogens with zero attached hydrogens (tertiary/aromatic N) is 4. The number of aryl methyl sites for hydroxylation is 1. The van der Waals surface area contributed by atoms with Crippen LogP contribution in [0.1, 0.15) is 34.8 Å². The zero-order chi connectivity index (χ0) is 20.1. The van der Waals surface area contributed by atoms with Crippen LogP contribution >= 0.6 is 23.7 Å². The molecule has 0 spiro atoms. The van der Waals surface area contributed by atoms with Gasteiger partial charge >= 0.3 is 0 Å². The first kappa shape index (κ1) is 22.8. The van der Waals surface area contributed by atoms with Crippen LogP contribution in [0.3, 0.4) is 0 Å². The van der Waals surface area contributed by atoms with Gasteiger partial charge in [0.1, 0.15) is 0 Å². The maximum Gasteiger partial charge on any atom is 0.260 e. The van der Waals surface area contributed by atoms with E-state index >= 15 is 0 Å². The van der Waals surface area contributed by atoms with Crippen LogP contribution in [-0.4, -0.2) is 43.0 Å². The highest BCUT2D eigenvalue weighted by molar-refractivity contribution is 7.22. The summed E-state index contributed by atoms with van der Waals surface area (Å²) in [5, 5.41) is 9.71. The lowest BCUT2D eigenvalue weighted by Crippen LogP contribution is -2.33. The maximum atomic E-state index is 13.2. The molecule has 0 atom stereocenters. The van der Waals surface area contributed by atoms with E-state index in [2.05, 4.69) is 30.0 Å². The second kappa shape index (κ2) is 10.4. The molecule has 2 aromatic carbocycles. The molecule has 0 unspecified atom stereocenters. The van der Waals surface area contributed by atoms with E-state index < -0.39 is 0 Å². The minimum absolute atomic E-state index is 0. The number of carbonyl (C=O) groups is 1. The van der Waals surface area contributed by atoms with Gasteiger partial charge in [0.2, 0.25) is 0 Å². The number of thiazole rings is 1. The Morgan fingerprint density at radius 3 is 2.48 bits per heavy atom. The Morgan fingerprint density at radius 1 is 1.14 bits per heavy atom. The number of nitriles is 1. The van der Waals surface area contributed by atoms with Crippen molar-refractivity contribution in [1.82, 2.24) is 9.88 Å². The number of hydrogen-bond donors (Lipinski definition) is 0. The predicted molar refractivity (Wildman–Crippen MR) is 122 cm³/mol. The van der Waals surface area contributed by atoms with E-state index in [4.69, 9.17) is 10.2 Å². The Hall–Kier alpha value is -2.46. The van der Waals surface area contributed by atoms with Crippen LogP contribution in [0, 0.1) is 11.3 Å². The first-order valence-corrected chi connectivity index (χ1v) is 10.2. The smallest absolute Gasteiger partial charge is 0.260 e. The molecule has 0 radical (unpaired) electrons. The molecule has 0 saturated heterocycles. The fraction of sp³-hybridized carbons (Fsp3) is 0.318. The van der Waals surface area contributed by atoms with Crippen LogP contribution < -0.4 is 4.90 Å². The number of amides is 1. The Balaban J connectivity index is 0.00000300. The summed E-state index contributed by atoms with van der Waals surface area (Å²) in [5.41, 5.74) is 3.29. The SMILES string of the molecule is CCc1ccc2nc(N(CCCN(C)C)C(=O)c3ccc(C#N)cc3)sc2c1.Cl. The van der Waals surface area contributed by atoms with Gasteiger partial charge in [0.25, 0.3) is 5.91 Å². The summed E-state index contributed by atoms with van der Waals surface area (Å²) in [6.07, 6.45) is 1.82. The normalized spacial score (nSPS) is 10.6. The molecule has 3 aromatic rings. The van der Waals surface area contributed by atoms with Gasteiger partial charge < -0.3 is 4.90 Å². The Labute approximate surface area is 182 Å². The molecular formula is C22H25ClN4OS. The quantitative estimate of drug-likeness (QED) is 0.544. The van der Waals surface area contributed by atoms with Crippen molar-refractivity contribution in [2.75, 3.05) is 32.1 Å². The molecule has 0 aliphatic heterocycles. The minimum atomic E-state index is -0.0852. The molecule has 0 N–H and O–H groups in total. The maximum absolute atomic E-state index is 13.2. The molecule has 3 rings (SSSR count). The van der Waals surface area contributed by atoms with Crippen LogP contribution in [0.5, 0.6) is 0 Å². The molecule has 1 aromatic heterocycles. The van der Waals surface area contributed by atoms with Gasteiger partial charge in [0.15, 0.2) is 5.13 Å². The number of rotatable bonds is 7. The highest BCUT2D eigenvalue weighted by Gasteiger charge is 2.21. The lowest BCUT2D eigenvalue weighted by Gasteiger charge is -2.21. The number of anilines is 1. The minimum Gasteiger partial charge on any atom is -0.309 e. The van der Waals surface area contributed by atoms with Gasteiger partial charge in [-0.05, 0) is 75.4 Å². The van der Waals surface area contributed by atoms with E-state index in [0.717, 1.165) is 34.7 Å². The molecule has 0 fully saturated rings. The van der Waals surface area contributed by atoms with Gasteiger partial charge in [-0.15, -0.1) is 12.4 Å². The summed E-state index contributed by atoms with van der Waals surface area (Å²) in [6.45, 7) is 3.62. The van der Waals surface area contributed by atoms with E-state index in [1.54, 1.807) is 40.5 Å². The molecule has 7 heteroatoms. The number of hydrogen-bond acceptors (Lipinski definition) is 5. The Kier molecular flexibility index (Phi) is 8.15. The summed E-state index contributed by atoms with van der Waals surface area (Å²) in [5.74, 6) is -0.0852. The average Bonchev–Trinajstić information content (AvgIpc) is 3.13. The third kappa shape index (κ3) is 5.54.